The maximum atomic E-state index is 13.2. The van der Waals surface area contributed by atoms with Gasteiger partial charge in [0, 0.05) is 16.6 Å². The average molecular weight is 469 g/mol. The Bertz CT molecular complexity index is 1030. The van der Waals surface area contributed by atoms with Crippen molar-refractivity contribution < 1.29 is 9.53 Å². The van der Waals surface area contributed by atoms with Gasteiger partial charge in [-0.25, -0.2) is 4.68 Å². The molecule has 0 bridgehead atoms. The molecule has 7 heteroatoms. The number of carbonyl (C=O) groups is 1. The monoisotopic (exact) mass is 468 g/mol. The fraction of sp³-hybridized carbons (Fsp3) is 0.385. The molecule has 3 rings (SSSR count). The number of amides is 1. The number of hydrogen-bond donors (Lipinski definition) is 1. The third kappa shape index (κ3) is 6.59. The molecule has 33 heavy (non-hydrogen) atoms. The second kappa shape index (κ2) is 11.9. The molecule has 0 aliphatic heterocycles. The van der Waals surface area contributed by atoms with Crippen molar-refractivity contribution in [2.24, 2.45) is 0 Å². The van der Waals surface area contributed by atoms with Crippen LogP contribution in [0.1, 0.15) is 44.1 Å². The smallest absolute Gasteiger partial charge is 0.270 e. The van der Waals surface area contributed by atoms with Crippen molar-refractivity contribution in [3.63, 3.8) is 0 Å². The SMILES string of the molecule is CCN(CC)CCCC(C)NC(=O)c1cc(-c2ccc(OC)cc2)nn1-c1ccc(Cl)cc1. The Hall–Kier alpha value is -2.83. The van der Waals surface area contributed by atoms with E-state index in [0.717, 1.165) is 49.5 Å². The molecule has 0 radical (unpaired) electrons. The molecular formula is C26H33ClN4O2. The molecule has 0 aliphatic carbocycles. The van der Waals surface area contributed by atoms with E-state index in [4.69, 9.17) is 21.4 Å². The van der Waals surface area contributed by atoms with Gasteiger partial charge in [0.05, 0.1) is 18.5 Å². The summed E-state index contributed by atoms with van der Waals surface area (Å²) in [6.45, 7) is 9.53. The van der Waals surface area contributed by atoms with Gasteiger partial charge in [-0.15, -0.1) is 0 Å². The Kier molecular flexibility index (Phi) is 8.92. The number of nitrogens with one attached hydrogen (secondary N) is 1. The first-order valence-corrected chi connectivity index (χ1v) is 11.9. The fourth-order valence-corrected chi connectivity index (χ4v) is 3.88. The van der Waals surface area contributed by atoms with E-state index in [9.17, 15) is 4.79 Å². The molecule has 2 aromatic carbocycles. The van der Waals surface area contributed by atoms with Crippen LogP contribution in [0.2, 0.25) is 5.02 Å². The van der Waals surface area contributed by atoms with Crippen molar-refractivity contribution >= 4 is 17.5 Å². The van der Waals surface area contributed by atoms with Crippen LogP contribution in [0.25, 0.3) is 16.9 Å². The third-order valence-electron chi connectivity index (χ3n) is 5.78. The summed E-state index contributed by atoms with van der Waals surface area (Å²) >= 11 is 6.07. The zero-order valence-electron chi connectivity index (χ0n) is 19.8. The van der Waals surface area contributed by atoms with Crippen LogP contribution in [0.15, 0.2) is 54.6 Å². The zero-order valence-corrected chi connectivity index (χ0v) is 20.6. The van der Waals surface area contributed by atoms with E-state index >= 15 is 0 Å². The Morgan fingerprint density at radius 2 is 1.79 bits per heavy atom. The minimum Gasteiger partial charge on any atom is -0.497 e. The summed E-state index contributed by atoms with van der Waals surface area (Å²) in [5.41, 5.74) is 2.88. The molecule has 1 N–H and O–H groups in total. The molecule has 0 saturated heterocycles. The number of rotatable bonds is 11. The number of aromatic nitrogens is 2. The van der Waals surface area contributed by atoms with Crippen LogP contribution in [0.4, 0.5) is 0 Å². The highest BCUT2D eigenvalue weighted by molar-refractivity contribution is 6.30. The van der Waals surface area contributed by atoms with Gasteiger partial charge in [0.2, 0.25) is 0 Å². The number of hydrogen-bond acceptors (Lipinski definition) is 4. The van der Waals surface area contributed by atoms with Crippen molar-refractivity contribution in [2.75, 3.05) is 26.7 Å². The van der Waals surface area contributed by atoms with Gasteiger partial charge in [-0.3, -0.25) is 4.79 Å². The second-order valence-electron chi connectivity index (χ2n) is 8.08. The normalized spacial score (nSPS) is 12.1. The van der Waals surface area contributed by atoms with E-state index in [1.165, 1.54) is 0 Å². The lowest BCUT2D eigenvalue weighted by atomic mass is 10.1. The second-order valence-corrected chi connectivity index (χ2v) is 8.51. The first-order valence-electron chi connectivity index (χ1n) is 11.5. The van der Waals surface area contributed by atoms with Gasteiger partial charge < -0.3 is 15.0 Å². The summed E-state index contributed by atoms with van der Waals surface area (Å²) in [5.74, 6) is 0.625. The van der Waals surface area contributed by atoms with Crippen LogP contribution < -0.4 is 10.1 Å². The number of benzene rings is 2. The Balaban J connectivity index is 1.81. The van der Waals surface area contributed by atoms with Crippen molar-refractivity contribution in [3.05, 3.63) is 65.3 Å². The summed E-state index contributed by atoms with van der Waals surface area (Å²) in [6.07, 6.45) is 1.96. The summed E-state index contributed by atoms with van der Waals surface area (Å²) in [7, 11) is 1.63. The molecular weight excluding hydrogens is 436 g/mol. The highest BCUT2D eigenvalue weighted by Gasteiger charge is 2.19. The van der Waals surface area contributed by atoms with Gasteiger partial charge in [0.1, 0.15) is 11.4 Å². The first kappa shape index (κ1) is 24.8. The van der Waals surface area contributed by atoms with Crippen molar-refractivity contribution in [2.45, 2.75) is 39.7 Å². The highest BCUT2D eigenvalue weighted by atomic mass is 35.5. The predicted octanol–water partition coefficient (Wildman–Crippen LogP) is 5.44. The number of nitrogens with zero attached hydrogens (tertiary/aromatic N) is 3. The molecule has 6 nitrogen and oxygen atoms in total. The Morgan fingerprint density at radius 3 is 2.39 bits per heavy atom. The van der Waals surface area contributed by atoms with E-state index in [1.54, 1.807) is 23.9 Å². The van der Waals surface area contributed by atoms with Crippen LogP contribution in [-0.2, 0) is 0 Å². The molecule has 0 fully saturated rings. The summed E-state index contributed by atoms with van der Waals surface area (Å²) in [5, 5.41) is 8.52. The van der Waals surface area contributed by atoms with Gasteiger partial charge >= 0.3 is 0 Å². The largest absolute Gasteiger partial charge is 0.497 e. The van der Waals surface area contributed by atoms with Gasteiger partial charge in [-0.2, -0.15) is 5.10 Å². The van der Waals surface area contributed by atoms with E-state index in [0.29, 0.717) is 16.4 Å². The molecule has 1 unspecified atom stereocenters. The Morgan fingerprint density at radius 1 is 1.12 bits per heavy atom. The molecule has 1 aromatic heterocycles. The molecule has 3 aromatic rings. The highest BCUT2D eigenvalue weighted by Crippen LogP contribution is 2.25. The van der Waals surface area contributed by atoms with E-state index in [1.807, 2.05) is 49.4 Å². The minimum absolute atomic E-state index is 0.0612. The molecule has 1 heterocycles. The standard InChI is InChI=1S/C26H33ClN4O2/c1-5-30(6-2)17-7-8-19(3)28-26(32)25-18-24(20-9-15-23(33-4)16-10-20)29-31(25)22-13-11-21(27)12-14-22/h9-16,18-19H,5-8,17H2,1-4H3,(H,28,32). The first-order chi connectivity index (χ1) is 15.9. The van der Waals surface area contributed by atoms with Crippen molar-refractivity contribution in [3.8, 4) is 22.7 Å². The molecule has 1 amide bonds. The van der Waals surface area contributed by atoms with Gasteiger partial charge in [0.25, 0.3) is 5.91 Å². The van der Waals surface area contributed by atoms with E-state index < -0.39 is 0 Å². The molecule has 0 aliphatic rings. The van der Waals surface area contributed by atoms with E-state index in [-0.39, 0.29) is 11.9 Å². The predicted molar refractivity (Wildman–Crippen MR) is 135 cm³/mol. The van der Waals surface area contributed by atoms with Gasteiger partial charge in [-0.05, 0) is 94.0 Å². The van der Waals surface area contributed by atoms with Crippen LogP contribution in [0.3, 0.4) is 0 Å². The lowest BCUT2D eigenvalue weighted by molar-refractivity contribution is 0.0929. The van der Waals surface area contributed by atoms with Crippen LogP contribution in [0, 0.1) is 0 Å². The van der Waals surface area contributed by atoms with Gasteiger partial charge in [0.15, 0.2) is 0 Å². The summed E-state index contributed by atoms with van der Waals surface area (Å²) < 4.78 is 6.93. The Labute approximate surface area is 201 Å². The topological polar surface area (TPSA) is 59.4 Å². The molecule has 0 saturated carbocycles. The van der Waals surface area contributed by atoms with Crippen LogP contribution >= 0.6 is 11.6 Å². The molecule has 1 atom stereocenters. The minimum atomic E-state index is -0.146. The molecule has 0 spiro atoms. The van der Waals surface area contributed by atoms with Gasteiger partial charge in [-0.1, -0.05) is 25.4 Å². The quantitative estimate of drug-likeness (QED) is 0.407. The summed E-state index contributed by atoms with van der Waals surface area (Å²) in [4.78, 5) is 15.6. The number of methoxy groups -OCH3 is 1. The van der Waals surface area contributed by atoms with E-state index in [2.05, 4.69) is 24.1 Å². The van der Waals surface area contributed by atoms with Crippen molar-refractivity contribution in [1.82, 2.24) is 20.0 Å². The van der Waals surface area contributed by atoms with Crippen molar-refractivity contribution in [1.29, 1.82) is 0 Å². The summed E-state index contributed by atoms with van der Waals surface area (Å²) in [6, 6.07) is 16.8. The number of carbonyl (C=O) groups excluding carboxylic acids is 1. The number of ether oxygens (including phenoxy) is 1. The van der Waals surface area contributed by atoms with Crippen LogP contribution in [0.5, 0.6) is 5.75 Å². The average Bonchev–Trinajstić information content (AvgIpc) is 3.28. The molecule has 176 valence electrons. The number of halogens is 1. The zero-order chi connectivity index (χ0) is 23.8. The lowest BCUT2D eigenvalue weighted by Crippen LogP contribution is -2.34. The maximum absolute atomic E-state index is 13.2. The fourth-order valence-electron chi connectivity index (χ4n) is 3.76. The third-order valence-corrected chi connectivity index (χ3v) is 6.03. The lowest BCUT2D eigenvalue weighted by Gasteiger charge is -2.20. The maximum Gasteiger partial charge on any atom is 0.270 e. The van der Waals surface area contributed by atoms with Crippen LogP contribution in [-0.4, -0.2) is 53.4 Å².